The highest BCUT2D eigenvalue weighted by Crippen LogP contribution is 2.11. The molecule has 0 saturated heterocycles. The summed E-state index contributed by atoms with van der Waals surface area (Å²) >= 11 is 0. The number of carbonyl (C=O) groups is 1. The van der Waals surface area contributed by atoms with Crippen LogP contribution in [0.3, 0.4) is 0 Å². The fraction of sp³-hybridized carbons (Fsp3) is 0.462. The fourth-order valence-electron chi connectivity index (χ4n) is 1.37. The first-order valence-electron chi connectivity index (χ1n) is 5.67. The zero-order valence-electron chi connectivity index (χ0n) is 10.2. The molecule has 3 nitrogen and oxygen atoms in total. The summed E-state index contributed by atoms with van der Waals surface area (Å²) in [7, 11) is 0. The number of rotatable bonds is 4. The topological polar surface area (TPSA) is 55.1 Å². The van der Waals surface area contributed by atoms with E-state index in [1.807, 2.05) is 45.0 Å². The van der Waals surface area contributed by atoms with Gasteiger partial charge in [0.1, 0.15) is 0 Å². The molecule has 1 aromatic rings. The standard InChI is InChI=1S/C13H20N2O/c1-4-10(3)12(14)13(16)15-11-7-5-9(2)6-8-11/h5-8,10,12H,4,14H2,1-3H3,(H,15,16)/t10-,12+/m1/s1. The normalized spacial score (nSPS) is 14.2. The second-order valence-electron chi connectivity index (χ2n) is 4.27. The number of hydrogen-bond acceptors (Lipinski definition) is 2. The molecule has 1 rings (SSSR count). The number of nitrogens with one attached hydrogen (secondary N) is 1. The van der Waals surface area contributed by atoms with Crippen LogP contribution in [0.4, 0.5) is 5.69 Å². The minimum atomic E-state index is -0.439. The van der Waals surface area contributed by atoms with Gasteiger partial charge in [-0.3, -0.25) is 4.79 Å². The number of carbonyl (C=O) groups excluding carboxylic acids is 1. The number of amides is 1. The van der Waals surface area contributed by atoms with Gasteiger partial charge in [-0.05, 0) is 25.0 Å². The molecule has 0 radical (unpaired) electrons. The molecule has 88 valence electrons. The van der Waals surface area contributed by atoms with E-state index in [4.69, 9.17) is 5.73 Å². The Bertz CT molecular complexity index is 345. The molecule has 2 atom stereocenters. The minimum Gasteiger partial charge on any atom is -0.325 e. The fourth-order valence-corrected chi connectivity index (χ4v) is 1.37. The van der Waals surface area contributed by atoms with Crippen LogP contribution >= 0.6 is 0 Å². The summed E-state index contributed by atoms with van der Waals surface area (Å²) in [5.74, 6) is 0.0867. The van der Waals surface area contributed by atoms with Crippen LogP contribution in [0.5, 0.6) is 0 Å². The van der Waals surface area contributed by atoms with Crippen LogP contribution < -0.4 is 11.1 Å². The summed E-state index contributed by atoms with van der Waals surface area (Å²) < 4.78 is 0. The first-order valence-corrected chi connectivity index (χ1v) is 5.67. The molecule has 0 saturated carbocycles. The van der Waals surface area contributed by atoms with Crippen molar-refractivity contribution in [2.45, 2.75) is 33.2 Å². The van der Waals surface area contributed by atoms with Crippen LogP contribution in [0.2, 0.25) is 0 Å². The number of nitrogens with two attached hydrogens (primary N) is 1. The highest BCUT2D eigenvalue weighted by atomic mass is 16.2. The largest absolute Gasteiger partial charge is 0.325 e. The molecule has 0 unspecified atom stereocenters. The van der Waals surface area contributed by atoms with Crippen molar-refractivity contribution in [3.63, 3.8) is 0 Å². The molecule has 1 aromatic carbocycles. The third-order valence-corrected chi connectivity index (χ3v) is 2.88. The lowest BCUT2D eigenvalue weighted by Gasteiger charge is -2.17. The summed E-state index contributed by atoms with van der Waals surface area (Å²) in [6.45, 7) is 6.03. The van der Waals surface area contributed by atoms with Crippen molar-refractivity contribution in [3.05, 3.63) is 29.8 Å². The van der Waals surface area contributed by atoms with Crippen LogP contribution in [-0.4, -0.2) is 11.9 Å². The lowest BCUT2D eigenvalue weighted by Crippen LogP contribution is -2.40. The zero-order valence-corrected chi connectivity index (χ0v) is 10.2. The Morgan fingerprint density at radius 1 is 1.38 bits per heavy atom. The Balaban J connectivity index is 2.60. The highest BCUT2D eigenvalue weighted by molar-refractivity contribution is 5.94. The number of aryl methyl sites for hydroxylation is 1. The average molecular weight is 220 g/mol. The van der Waals surface area contributed by atoms with E-state index in [0.29, 0.717) is 0 Å². The molecule has 0 aliphatic rings. The second-order valence-corrected chi connectivity index (χ2v) is 4.27. The van der Waals surface area contributed by atoms with E-state index < -0.39 is 6.04 Å². The van der Waals surface area contributed by atoms with E-state index in [0.717, 1.165) is 12.1 Å². The van der Waals surface area contributed by atoms with Crippen molar-refractivity contribution >= 4 is 11.6 Å². The maximum atomic E-state index is 11.8. The highest BCUT2D eigenvalue weighted by Gasteiger charge is 2.19. The lowest BCUT2D eigenvalue weighted by molar-refractivity contribution is -0.118. The predicted molar refractivity (Wildman–Crippen MR) is 67.2 cm³/mol. The zero-order chi connectivity index (χ0) is 12.1. The predicted octanol–water partition coefficient (Wildman–Crippen LogP) is 2.31. The third kappa shape index (κ3) is 3.35. The Labute approximate surface area is 97.0 Å². The molecule has 1 amide bonds. The summed E-state index contributed by atoms with van der Waals surface area (Å²) in [4.78, 5) is 11.8. The molecular weight excluding hydrogens is 200 g/mol. The van der Waals surface area contributed by atoms with E-state index in [1.165, 1.54) is 5.56 Å². The summed E-state index contributed by atoms with van der Waals surface area (Å²) in [5, 5.41) is 2.82. The SMILES string of the molecule is CC[C@@H](C)[C@H](N)C(=O)Nc1ccc(C)cc1. The maximum absolute atomic E-state index is 11.8. The molecule has 3 heteroatoms. The third-order valence-electron chi connectivity index (χ3n) is 2.88. The molecule has 0 bridgehead atoms. The van der Waals surface area contributed by atoms with Gasteiger partial charge in [-0.1, -0.05) is 38.0 Å². The van der Waals surface area contributed by atoms with E-state index >= 15 is 0 Å². The van der Waals surface area contributed by atoms with Crippen LogP contribution in [0.15, 0.2) is 24.3 Å². The van der Waals surface area contributed by atoms with Gasteiger partial charge in [0, 0.05) is 5.69 Å². The van der Waals surface area contributed by atoms with Crippen molar-refractivity contribution in [3.8, 4) is 0 Å². The van der Waals surface area contributed by atoms with Gasteiger partial charge in [0.05, 0.1) is 6.04 Å². The first kappa shape index (κ1) is 12.7. The molecule has 16 heavy (non-hydrogen) atoms. The van der Waals surface area contributed by atoms with Gasteiger partial charge in [0.2, 0.25) is 5.91 Å². The number of anilines is 1. The van der Waals surface area contributed by atoms with Gasteiger partial charge in [-0.25, -0.2) is 0 Å². The van der Waals surface area contributed by atoms with Gasteiger partial charge < -0.3 is 11.1 Å². The van der Waals surface area contributed by atoms with Crippen LogP contribution in [0, 0.1) is 12.8 Å². The van der Waals surface area contributed by atoms with Gasteiger partial charge in [-0.2, -0.15) is 0 Å². The molecular formula is C13H20N2O. The van der Waals surface area contributed by atoms with Gasteiger partial charge >= 0.3 is 0 Å². The average Bonchev–Trinajstić information content (AvgIpc) is 2.30. The van der Waals surface area contributed by atoms with E-state index in [2.05, 4.69) is 5.32 Å². The van der Waals surface area contributed by atoms with E-state index in [-0.39, 0.29) is 11.8 Å². The smallest absolute Gasteiger partial charge is 0.241 e. The molecule has 0 spiro atoms. The molecule has 0 aliphatic carbocycles. The lowest BCUT2D eigenvalue weighted by atomic mass is 9.99. The summed E-state index contributed by atoms with van der Waals surface area (Å²) in [6, 6.07) is 7.26. The van der Waals surface area contributed by atoms with Crippen molar-refractivity contribution in [1.82, 2.24) is 0 Å². The first-order chi connectivity index (χ1) is 7.54. The van der Waals surface area contributed by atoms with Crippen molar-refractivity contribution < 1.29 is 4.79 Å². The maximum Gasteiger partial charge on any atom is 0.241 e. The Kier molecular flexibility index (Phi) is 4.50. The molecule has 0 aliphatic heterocycles. The van der Waals surface area contributed by atoms with Gasteiger partial charge in [-0.15, -0.1) is 0 Å². The van der Waals surface area contributed by atoms with E-state index in [1.54, 1.807) is 0 Å². The van der Waals surface area contributed by atoms with E-state index in [9.17, 15) is 4.79 Å². The van der Waals surface area contributed by atoms with Crippen molar-refractivity contribution in [1.29, 1.82) is 0 Å². The van der Waals surface area contributed by atoms with Crippen molar-refractivity contribution in [2.75, 3.05) is 5.32 Å². The Morgan fingerprint density at radius 3 is 2.44 bits per heavy atom. The summed E-state index contributed by atoms with van der Waals surface area (Å²) in [5.41, 5.74) is 7.81. The second kappa shape index (κ2) is 5.66. The van der Waals surface area contributed by atoms with Gasteiger partial charge in [0.15, 0.2) is 0 Å². The van der Waals surface area contributed by atoms with Gasteiger partial charge in [0.25, 0.3) is 0 Å². The Hall–Kier alpha value is -1.35. The number of hydrogen-bond donors (Lipinski definition) is 2. The molecule has 0 fully saturated rings. The minimum absolute atomic E-state index is 0.113. The number of benzene rings is 1. The molecule has 0 heterocycles. The molecule has 0 aromatic heterocycles. The van der Waals surface area contributed by atoms with Crippen LogP contribution in [-0.2, 0) is 4.79 Å². The Morgan fingerprint density at radius 2 is 1.94 bits per heavy atom. The van der Waals surface area contributed by atoms with Crippen LogP contribution in [0.25, 0.3) is 0 Å². The molecule has 3 N–H and O–H groups in total. The summed E-state index contributed by atoms with van der Waals surface area (Å²) in [6.07, 6.45) is 0.905. The van der Waals surface area contributed by atoms with Crippen LogP contribution in [0.1, 0.15) is 25.8 Å². The van der Waals surface area contributed by atoms with Crippen molar-refractivity contribution in [2.24, 2.45) is 11.7 Å². The monoisotopic (exact) mass is 220 g/mol. The quantitative estimate of drug-likeness (QED) is 0.818.